The third kappa shape index (κ3) is 3.46. The maximum atomic E-state index is 10.8. The van der Waals surface area contributed by atoms with E-state index >= 15 is 0 Å². The molecule has 3 N–H and O–H groups in total. The Bertz CT molecular complexity index is 634. The molecule has 0 radical (unpaired) electrons. The Balaban J connectivity index is 2.12. The first kappa shape index (κ1) is 14.3. The highest BCUT2D eigenvalue weighted by Gasteiger charge is 2.13. The molecule has 0 heterocycles. The second-order valence-electron chi connectivity index (χ2n) is 4.00. The van der Waals surface area contributed by atoms with Crippen LogP contribution in [0.1, 0.15) is 5.56 Å². The first-order valence-corrected chi connectivity index (χ1v) is 6.52. The van der Waals surface area contributed by atoms with E-state index in [1.165, 1.54) is 6.07 Å². The van der Waals surface area contributed by atoms with Crippen LogP contribution >= 0.6 is 15.9 Å². The number of nitro groups is 1. The smallest absolute Gasteiger partial charge is 0.293 e. The largest absolute Gasteiger partial charge is 0.489 e. The summed E-state index contributed by atoms with van der Waals surface area (Å²) in [4.78, 5) is 10.3. The van der Waals surface area contributed by atoms with E-state index in [1.807, 2.05) is 24.3 Å². The summed E-state index contributed by atoms with van der Waals surface area (Å²) in [6.07, 6.45) is 0. The molecule has 0 aliphatic rings. The molecule has 0 aliphatic heterocycles. The lowest BCUT2D eigenvalue weighted by atomic mass is 10.2. The zero-order valence-corrected chi connectivity index (χ0v) is 12.0. The molecule has 6 nitrogen and oxygen atoms in total. The van der Waals surface area contributed by atoms with Gasteiger partial charge in [-0.05, 0) is 35.9 Å². The quantitative estimate of drug-likeness (QED) is 0.496. The van der Waals surface area contributed by atoms with Crippen molar-refractivity contribution in [3.8, 4) is 5.75 Å². The zero-order valence-electron chi connectivity index (χ0n) is 10.4. The van der Waals surface area contributed by atoms with Crippen LogP contribution in [0.3, 0.4) is 0 Å². The normalized spacial score (nSPS) is 10.1. The fraction of sp³-hybridized carbons (Fsp3) is 0.0769. The number of hydrogen-bond acceptors (Lipinski definition) is 5. The molecule has 2 aromatic rings. The fourth-order valence-electron chi connectivity index (χ4n) is 1.67. The number of nitrogen functional groups attached to an aromatic ring is 1. The lowest BCUT2D eigenvalue weighted by Gasteiger charge is -2.08. The molecule has 7 heteroatoms. The number of rotatable bonds is 5. The van der Waals surface area contributed by atoms with Crippen LogP contribution in [-0.4, -0.2) is 4.92 Å². The van der Waals surface area contributed by atoms with Gasteiger partial charge in [0, 0.05) is 10.5 Å². The minimum absolute atomic E-state index is 0.0706. The molecule has 104 valence electrons. The van der Waals surface area contributed by atoms with Crippen LogP contribution in [0, 0.1) is 10.1 Å². The van der Waals surface area contributed by atoms with Gasteiger partial charge in [0.2, 0.25) is 0 Å². The van der Waals surface area contributed by atoms with E-state index in [2.05, 4.69) is 21.4 Å². The highest BCUT2D eigenvalue weighted by Crippen LogP contribution is 2.25. The Kier molecular flexibility index (Phi) is 4.54. The van der Waals surface area contributed by atoms with E-state index in [0.29, 0.717) is 12.4 Å². The summed E-state index contributed by atoms with van der Waals surface area (Å²) in [5, 5.41) is 10.8. The SMILES string of the molecule is NNc1cc(COc2cccc(Br)c2)ccc1[N+](=O)[O-]. The topological polar surface area (TPSA) is 90.4 Å². The van der Waals surface area contributed by atoms with Gasteiger partial charge in [-0.15, -0.1) is 0 Å². The molecular formula is C13H12BrN3O3. The third-order valence-corrected chi connectivity index (χ3v) is 3.11. The molecule has 0 aliphatic carbocycles. The molecule has 0 amide bonds. The Labute approximate surface area is 123 Å². The van der Waals surface area contributed by atoms with E-state index in [1.54, 1.807) is 12.1 Å². The van der Waals surface area contributed by atoms with Crippen molar-refractivity contribution in [1.29, 1.82) is 0 Å². The molecule has 0 fully saturated rings. The van der Waals surface area contributed by atoms with Crippen LogP contribution in [0.2, 0.25) is 0 Å². The van der Waals surface area contributed by atoms with Crippen molar-refractivity contribution in [3.63, 3.8) is 0 Å². The molecule has 20 heavy (non-hydrogen) atoms. The number of nitrogens with zero attached hydrogens (tertiary/aromatic N) is 1. The Morgan fingerprint density at radius 1 is 1.30 bits per heavy atom. The van der Waals surface area contributed by atoms with Crippen LogP contribution in [0.4, 0.5) is 11.4 Å². The van der Waals surface area contributed by atoms with Crippen molar-refractivity contribution in [2.24, 2.45) is 5.84 Å². The molecule has 0 spiro atoms. The summed E-state index contributed by atoms with van der Waals surface area (Å²) in [5.74, 6) is 5.99. The molecular weight excluding hydrogens is 326 g/mol. The van der Waals surface area contributed by atoms with Gasteiger partial charge in [0.25, 0.3) is 5.69 Å². The van der Waals surface area contributed by atoms with Gasteiger partial charge >= 0.3 is 0 Å². The van der Waals surface area contributed by atoms with Crippen LogP contribution in [0.15, 0.2) is 46.9 Å². The predicted octanol–water partition coefficient (Wildman–Crippen LogP) is 3.22. The summed E-state index contributed by atoms with van der Waals surface area (Å²) in [6, 6.07) is 12.1. The summed E-state index contributed by atoms with van der Waals surface area (Å²) in [7, 11) is 0. The number of halogens is 1. The summed E-state index contributed by atoms with van der Waals surface area (Å²) < 4.78 is 6.52. The van der Waals surface area contributed by atoms with Gasteiger partial charge in [-0.25, -0.2) is 0 Å². The third-order valence-electron chi connectivity index (χ3n) is 2.61. The molecule has 0 atom stereocenters. The number of nitrogens with two attached hydrogens (primary N) is 1. The number of benzene rings is 2. The van der Waals surface area contributed by atoms with E-state index < -0.39 is 4.92 Å². The summed E-state index contributed by atoms with van der Waals surface area (Å²) in [6.45, 7) is 0.295. The van der Waals surface area contributed by atoms with E-state index in [9.17, 15) is 10.1 Å². The summed E-state index contributed by atoms with van der Waals surface area (Å²) >= 11 is 3.36. The van der Waals surface area contributed by atoms with E-state index in [-0.39, 0.29) is 11.4 Å². The highest BCUT2D eigenvalue weighted by molar-refractivity contribution is 9.10. The Morgan fingerprint density at radius 2 is 2.10 bits per heavy atom. The second-order valence-corrected chi connectivity index (χ2v) is 4.91. The molecule has 0 aromatic heterocycles. The zero-order chi connectivity index (χ0) is 14.5. The number of anilines is 1. The highest BCUT2D eigenvalue weighted by atomic mass is 79.9. The van der Waals surface area contributed by atoms with Gasteiger partial charge in [-0.3, -0.25) is 16.0 Å². The molecule has 2 rings (SSSR count). The van der Waals surface area contributed by atoms with Gasteiger partial charge in [-0.1, -0.05) is 22.0 Å². The predicted molar refractivity (Wildman–Crippen MR) is 79.4 cm³/mol. The Hall–Kier alpha value is -2.12. The van der Waals surface area contributed by atoms with Gasteiger partial charge in [0.15, 0.2) is 0 Å². The lowest BCUT2D eigenvalue weighted by molar-refractivity contribution is -0.384. The molecule has 0 unspecified atom stereocenters. The average molecular weight is 338 g/mol. The van der Waals surface area contributed by atoms with Crippen molar-refractivity contribution in [1.82, 2.24) is 0 Å². The molecule has 0 bridgehead atoms. The number of nitrogens with one attached hydrogen (secondary N) is 1. The van der Waals surface area contributed by atoms with Crippen LogP contribution in [0.25, 0.3) is 0 Å². The molecule has 0 saturated carbocycles. The standard InChI is InChI=1S/C13H12BrN3O3/c14-10-2-1-3-11(7-10)20-8-9-4-5-13(17(18)19)12(6-9)16-15/h1-7,16H,8,15H2. The maximum Gasteiger partial charge on any atom is 0.293 e. The van der Waals surface area contributed by atoms with Gasteiger partial charge in [0.1, 0.15) is 18.0 Å². The van der Waals surface area contributed by atoms with Crippen molar-refractivity contribution < 1.29 is 9.66 Å². The molecule has 2 aromatic carbocycles. The second kappa shape index (κ2) is 6.36. The lowest BCUT2D eigenvalue weighted by Crippen LogP contribution is -2.09. The summed E-state index contributed by atoms with van der Waals surface area (Å²) in [5.41, 5.74) is 3.29. The number of ether oxygens (including phenoxy) is 1. The van der Waals surface area contributed by atoms with Crippen molar-refractivity contribution in [3.05, 3.63) is 62.6 Å². The Morgan fingerprint density at radius 3 is 2.75 bits per heavy atom. The minimum Gasteiger partial charge on any atom is -0.489 e. The first-order valence-electron chi connectivity index (χ1n) is 5.72. The van der Waals surface area contributed by atoms with Crippen molar-refractivity contribution in [2.45, 2.75) is 6.61 Å². The number of nitro benzene ring substituents is 1. The van der Waals surface area contributed by atoms with Crippen LogP contribution in [0.5, 0.6) is 5.75 Å². The van der Waals surface area contributed by atoms with Crippen LogP contribution in [-0.2, 0) is 6.61 Å². The molecule has 0 saturated heterocycles. The monoisotopic (exact) mass is 337 g/mol. The fourth-order valence-corrected chi connectivity index (χ4v) is 2.05. The van der Waals surface area contributed by atoms with Crippen molar-refractivity contribution >= 4 is 27.3 Å². The maximum absolute atomic E-state index is 10.8. The van der Waals surface area contributed by atoms with Gasteiger partial charge < -0.3 is 10.2 Å². The van der Waals surface area contributed by atoms with Crippen molar-refractivity contribution in [2.75, 3.05) is 5.43 Å². The van der Waals surface area contributed by atoms with Gasteiger partial charge in [-0.2, -0.15) is 0 Å². The van der Waals surface area contributed by atoms with Crippen LogP contribution < -0.4 is 16.0 Å². The van der Waals surface area contributed by atoms with E-state index in [4.69, 9.17) is 10.6 Å². The van der Waals surface area contributed by atoms with Gasteiger partial charge in [0.05, 0.1) is 4.92 Å². The minimum atomic E-state index is -0.492. The van der Waals surface area contributed by atoms with E-state index in [0.717, 1.165) is 10.0 Å². The first-order chi connectivity index (χ1) is 9.60. The average Bonchev–Trinajstić information content (AvgIpc) is 2.44. The number of hydrazine groups is 1. The number of hydrogen-bond donors (Lipinski definition) is 2.